The Kier molecular flexibility index (Phi) is 5.90. The molecule has 0 fully saturated rings. The van der Waals surface area contributed by atoms with E-state index in [0.29, 0.717) is 17.4 Å². The minimum atomic E-state index is -0.289. The number of nitrogens with zero attached hydrogens (tertiary/aromatic N) is 1. The zero-order chi connectivity index (χ0) is 20.1. The van der Waals surface area contributed by atoms with Gasteiger partial charge in [-0.2, -0.15) is 5.10 Å². The SMILES string of the molecule is CCNC(=S)N/N=C/c1c(O)cc2oc(-c3ccccc3)cc(=O)c2c1OC. The normalized spacial score (nSPS) is 10.9. The first-order chi connectivity index (χ1) is 13.5. The molecule has 0 aliphatic heterocycles. The van der Waals surface area contributed by atoms with Crippen LogP contribution in [-0.4, -0.2) is 30.1 Å². The first-order valence-electron chi connectivity index (χ1n) is 8.55. The van der Waals surface area contributed by atoms with Gasteiger partial charge in [-0.15, -0.1) is 0 Å². The highest BCUT2D eigenvalue weighted by atomic mass is 32.1. The van der Waals surface area contributed by atoms with Gasteiger partial charge in [0, 0.05) is 24.2 Å². The molecule has 0 atom stereocenters. The number of phenolic OH excluding ortho intramolecular Hbond substituents is 1. The summed E-state index contributed by atoms with van der Waals surface area (Å²) in [5.41, 5.74) is 3.55. The third-order valence-corrected chi connectivity index (χ3v) is 4.19. The second kappa shape index (κ2) is 8.53. The average Bonchev–Trinajstić information content (AvgIpc) is 2.69. The van der Waals surface area contributed by atoms with Crippen LogP contribution in [0.1, 0.15) is 12.5 Å². The average molecular weight is 397 g/mol. The Balaban J connectivity index is 2.09. The number of ether oxygens (including phenoxy) is 1. The van der Waals surface area contributed by atoms with Crippen LogP contribution in [0.15, 0.2) is 56.8 Å². The molecular weight excluding hydrogens is 378 g/mol. The van der Waals surface area contributed by atoms with Gasteiger partial charge in [0.05, 0.1) is 18.9 Å². The van der Waals surface area contributed by atoms with E-state index in [-0.39, 0.29) is 33.5 Å². The number of benzene rings is 2. The number of hydrazone groups is 1. The molecule has 0 aliphatic rings. The number of phenols is 1. The standard InChI is InChI=1S/C20H19N3O4S/c1-3-21-20(28)23-22-11-13-14(24)9-17-18(19(13)26-2)15(25)10-16(27-17)12-7-5-4-6-8-12/h4-11,24H,3H2,1-2H3,(H2,21,23,28)/b22-11+. The summed E-state index contributed by atoms with van der Waals surface area (Å²) in [4.78, 5) is 12.8. The summed E-state index contributed by atoms with van der Waals surface area (Å²) in [6.45, 7) is 2.55. The van der Waals surface area contributed by atoms with Crippen LogP contribution in [-0.2, 0) is 0 Å². The molecule has 0 aliphatic carbocycles. The molecule has 3 N–H and O–H groups in total. The van der Waals surface area contributed by atoms with Crippen molar-refractivity contribution in [2.75, 3.05) is 13.7 Å². The minimum absolute atomic E-state index is 0.141. The molecule has 0 saturated heterocycles. The summed E-state index contributed by atoms with van der Waals surface area (Å²) >= 11 is 5.03. The van der Waals surface area contributed by atoms with E-state index in [1.165, 1.54) is 25.5 Å². The molecule has 3 rings (SSSR count). The van der Waals surface area contributed by atoms with Crippen molar-refractivity contribution in [3.8, 4) is 22.8 Å². The lowest BCUT2D eigenvalue weighted by molar-refractivity contribution is 0.410. The quantitative estimate of drug-likeness (QED) is 0.346. The van der Waals surface area contributed by atoms with Gasteiger partial charge in [0.1, 0.15) is 28.2 Å². The van der Waals surface area contributed by atoms with E-state index < -0.39 is 0 Å². The molecule has 0 spiro atoms. The second-order valence-corrected chi connectivity index (χ2v) is 6.19. The molecule has 28 heavy (non-hydrogen) atoms. The fourth-order valence-electron chi connectivity index (χ4n) is 2.73. The van der Waals surface area contributed by atoms with Gasteiger partial charge in [-0.25, -0.2) is 0 Å². The Bertz CT molecular complexity index is 1090. The zero-order valence-electron chi connectivity index (χ0n) is 15.4. The van der Waals surface area contributed by atoms with Crippen molar-refractivity contribution in [1.82, 2.24) is 10.7 Å². The number of aromatic hydroxyl groups is 1. The fraction of sp³-hybridized carbons (Fsp3) is 0.150. The lowest BCUT2D eigenvalue weighted by Crippen LogP contribution is -2.31. The number of hydrogen-bond donors (Lipinski definition) is 3. The van der Waals surface area contributed by atoms with Crippen molar-refractivity contribution in [1.29, 1.82) is 0 Å². The third kappa shape index (κ3) is 3.96. The Hall–Kier alpha value is -3.39. The van der Waals surface area contributed by atoms with E-state index in [2.05, 4.69) is 15.8 Å². The van der Waals surface area contributed by atoms with E-state index >= 15 is 0 Å². The molecule has 3 aromatic rings. The molecule has 0 saturated carbocycles. The highest BCUT2D eigenvalue weighted by Crippen LogP contribution is 2.35. The minimum Gasteiger partial charge on any atom is -0.507 e. The topological polar surface area (TPSA) is 96.1 Å². The van der Waals surface area contributed by atoms with E-state index in [9.17, 15) is 9.90 Å². The lowest BCUT2D eigenvalue weighted by atomic mass is 10.1. The largest absolute Gasteiger partial charge is 0.507 e. The van der Waals surface area contributed by atoms with Crippen LogP contribution in [0.2, 0.25) is 0 Å². The maximum atomic E-state index is 12.8. The molecule has 0 radical (unpaired) electrons. The van der Waals surface area contributed by atoms with Crippen LogP contribution in [0.4, 0.5) is 0 Å². The summed E-state index contributed by atoms with van der Waals surface area (Å²) in [5, 5.41) is 17.9. The predicted octanol–water partition coefficient (Wildman–Crippen LogP) is 2.99. The van der Waals surface area contributed by atoms with Crippen molar-refractivity contribution in [2.45, 2.75) is 6.92 Å². The van der Waals surface area contributed by atoms with Crippen molar-refractivity contribution in [2.24, 2.45) is 5.10 Å². The van der Waals surface area contributed by atoms with Gasteiger partial charge >= 0.3 is 0 Å². The first-order valence-corrected chi connectivity index (χ1v) is 8.96. The monoisotopic (exact) mass is 397 g/mol. The van der Waals surface area contributed by atoms with Gasteiger partial charge < -0.3 is 19.6 Å². The summed E-state index contributed by atoms with van der Waals surface area (Å²) in [5.74, 6) is 0.430. The van der Waals surface area contributed by atoms with Crippen molar-refractivity contribution < 1.29 is 14.3 Å². The number of methoxy groups -OCH3 is 1. The Morgan fingerprint density at radius 3 is 2.75 bits per heavy atom. The van der Waals surface area contributed by atoms with Crippen LogP contribution in [0, 0.1) is 0 Å². The number of rotatable bonds is 5. The molecule has 0 unspecified atom stereocenters. The number of hydrogen-bond acceptors (Lipinski definition) is 6. The summed E-state index contributed by atoms with van der Waals surface area (Å²) in [6.07, 6.45) is 1.34. The smallest absolute Gasteiger partial charge is 0.197 e. The number of thiocarbonyl (C=S) groups is 1. The van der Waals surface area contributed by atoms with E-state index in [4.69, 9.17) is 21.4 Å². The molecule has 144 valence electrons. The van der Waals surface area contributed by atoms with Crippen LogP contribution in [0.5, 0.6) is 11.5 Å². The van der Waals surface area contributed by atoms with Crippen LogP contribution < -0.4 is 20.9 Å². The van der Waals surface area contributed by atoms with Gasteiger partial charge in [-0.3, -0.25) is 10.2 Å². The summed E-state index contributed by atoms with van der Waals surface area (Å²) in [7, 11) is 1.41. The van der Waals surface area contributed by atoms with Crippen LogP contribution in [0.3, 0.4) is 0 Å². The maximum absolute atomic E-state index is 12.8. The van der Waals surface area contributed by atoms with Gasteiger partial charge in [0.15, 0.2) is 10.5 Å². The highest BCUT2D eigenvalue weighted by Gasteiger charge is 2.18. The molecular formula is C20H19N3O4S. The zero-order valence-corrected chi connectivity index (χ0v) is 16.2. The van der Waals surface area contributed by atoms with E-state index in [0.717, 1.165) is 5.56 Å². The molecule has 2 aromatic carbocycles. The van der Waals surface area contributed by atoms with Crippen molar-refractivity contribution in [3.05, 3.63) is 58.3 Å². The van der Waals surface area contributed by atoms with E-state index in [1.807, 2.05) is 37.3 Å². The fourth-order valence-corrected chi connectivity index (χ4v) is 2.92. The third-order valence-electron chi connectivity index (χ3n) is 3.95. The Labute approximate surface area is 166 Å². The molecule has 1 aromatic heterocycles. The van der Waals surface area contributed by atoms with Gasteiger partial charge in [0.25, 0.3) is 0 Å². The maximum Gasteiger partial charge on any atom is 0.197 e. The van der Waals surface area contributed by atoms with Crippen molar-refractivity contribution in [3.63, 3.8) is 0 Å². The first kappa shape index (κ1) is 19.4. The molecule has 7 nitrogen and oxygen atoms in total. The Morgan fingerprint density at radius 1 is 1.32 bits per heavy atom. The van der Waals surface area contributed by atoms with Crippen molar-refractivity contribution >= 4 is 34.5 Å². The Morgan fingerprint density at radius 2 is 2.07 bits per heavy atom. The van der Waals surface area contributed by atoms with Gasteiger partial charge in [-0.1, -0.05) is 30.3 Å². The number of fused-ring (bicyclic) bond motifs is 1. The van der Waals surface area contributed by atoms with E-state index in [1.54, 1.807) is 0 Å². The molecule has 0 amide bonds. The molecule has 1 heterocycles. The highest BCUT2D eigenvalue weighted by molar-refractivity contribution is 7.80. The van der Waals surface area contributed by atoms with Gasteiger partial charge in [0.2, 0.25) is 0 Å². The molecule has 0 bridgehead atoms. The van der Waals surface area contributed by atoms with Crippen LogP contribution in [0.25, 0.3) is 22.3 Å². The summed E-state index contributed by atoms with van der Waals surface area (Å²) in [6, 6.07) is 12.0. The molecule has 8 heteroatoms. The number of nitrogens with one attached hydrogen (secondary N) is 2. The summed E-state index contributed by atoms with van der Waals surface area (Å²) < 4.78 is 11.2. The lowest BCUT2D eigenvalue weighted by Gasteiger charge is -2.11. The second-order valence-electron chi connectivity index (χ2n) is 5.79. The van der Waals surface area contributed by atoms with Gasteiger partial charge in [-0.05, 0) is 19.1 Å². The van der Waals surface area contributed by atoms with Crippen LogP contribution >= 0.6 is 12.2 Å². The predicted molar refractivity (Wildman–Crippen MR) is 113 cm³/mol.